The molecule has 22 heavy (non-hydrogen) atoms. The van der Waals surface area contributed by atoms with Crippen molar-refractivity contribution < 1.29 is 19.3 Å². The highest BCUT2D eigenvalue weighted by Gasteiger charge is 2.47. The largest absolute Gasteiger partial charge is 0.497 e. The van der Waals surface area contributed by atoms with Crippen LogP contribution in [0.2, 0.25) is 0 Å². The first-order valence-corrected chi connectivity index (χ1v) is 7.31. The third kappa shape index (κ3) is 2.08. The predicted octanol–water partition coefficient (Wildman–Crippen LogP) is 2.77. The summed E-state index contributed by atoms with van der Waals surface area (Å²) in [5.41, 5.74) is 2.65. The zero-order chi connectivity index (χ0) is 15.9. The molecule has 1 aliphatic carbocycles. The Morgan fingerprint density at radius 3 is 2.59 bits per heavy atom. The van der Waals surface area contributed by atoms with Crippen LogP contribution < -0.4 is 4.74 Å². The number of hydrogen-bond acceptors (Lipinski definition) is 5. The maximum atomic E-state index is 10.9. The van der Waals surface area contributed by atoms with Crippen LogP contribution >= 0.6 is 0 Å². The molecule has 2 aromatic rings. The minimum atomic E-state index is -1.04. The molecule has 1 aromatic heterocycles. The summed E-state index contributed by atoms with van der Waals surface area (Å²) in [4.78, 5) is 4.51. The second kappa shape index (κ2) is 5.50. The third-order valence-corrected chi connectivity index (χ3v) is 4.65. The summed E-state index contributed by atoms with van der Waals surface area (Å²) in [5, 5.41) is 11.8. The van der Waals surface area contributed by atoms with Crippen LogP contribution in [0, 0.1) is 0 Å². The second-order valence-electron chi connectivity index (χ2n) is 5.74. The summed E-state index contributed by atoms with van der Waals surface area (Å²) in [6, 6.07) is 5.65. The molecule has 0 fully saturated rings. The zero-order valence-corrected chi connectivity index (χ0v) is 13.3. The van der Waals surface area contributed by atoms with Gasteiger partial charge in [-0.3, -0.25) is 4.98 Å². The molecule has 5 nitrogen and oxygen atoms in total. The number of benzene rings is 1. The van der Waals surface area contributed by atoms with E-state index >= 15 is 0 Å². The Balaban J connectivity index is 2.29. The van der Waals surface area contributed by atoms with Crippen LogP contribution in [0.15, 0.2) is 24.4 Å². The minimum Gasteiger partial charge on any atom is -0.497 e. The Morgan fingerprint density at radius 2 is 1.95 bits per heavy atom. The SMILES string of the molecule is COc1ccc2ncc3c(c2c1)[C@@H](O)C(OC)(OC)CC3C. The normalized spacial score (nSPS) is 23.3. The molecular formula is C17H21NO4. The Bertz CT molecular complexity index is 696. The Hall–Kier alpha value is -1.69. The molecule has 0 saturated heterocycles. The van der Waals surface area contributed by atoms with Gasteiger partial charge in [0.2, 0.25) is 0 Å². The highest BCUT2D eigenvalue weighted by molar-refractivity contribution is 5.85. The van der Waals surface area contributed by atoms with E-state index < -0.39 is 11.9 Å². The topological polar surface area (TPSA) is 60.8 Å². The van der Waals surface area contributed by atoms with Crippen molar-refractivity contribution >= 4 is 10.9 Å². The maximum absolute atomic E-state index is 10.9. The van der Waals surface area contributed by atoms with Gasteiger partial charge in [0.25, 0.3) is 0 Å². The van der Waals surface area contributed by atoms with Gasteiger partial charge in [0, 0.05) is 37.8 Å². The van der Waals surface area contributed by atoms with E-state index in [1.165, 1.54) is 0 Å². The summed E-state index contributed by atoms with van der Waals surface area (Å²) in [6.07, 6.45) is 1.53. The average molecular weight is 303 g/mol. The van der Waals surface area contributed by atoms with Gasteiger partial charge in [0.1, 0.15) is 11.9 Å². The van der Waals surface area contributed by atoms with Crippen LogP contribution in [0.4, 0.5) is 0 Å². The lowest BCUT2D eigenvalue weighted by Crippen LogP contribution is -2.45. The van der Waals surface area contributed by atoms with Crippen molar-refractivity contribution in [1.82, 2.24) is 4.98 Å². The Morgan fingerprint density at radius 1 is 1.23 bits per heavy atom. The molecule has 1 heterocycles. The van der Waals surface area contributed by atoms with Crippen LogP contribution in [0.5, 0.6) is 5.75 Å². The molecular weight excluding hydrogens is 282 g/mol. The van der Waals surface area contributed by atoms with Crippen molar-refractivity contribution in [3.05, 3.63) is 35.5 Å². The van der Waals surface area contributed by atoms with Gasteiger partial charge in [-0.2, -0.15) is 0 Å². The molecule has 0 radical (unpaired) electrons. The first-order chi connectivity index (χ1) is 10.6. The summed E-state index contributed by atoms with van der Waals surface area (Å²) in [7, 11) is 4.75. The summed E-state index contributed by atoms with van der Waals surface area (Å²) < 4.78 is 16.4. The van der Waals surface area contributed by atoms with Crippen molar-refractivity contribution in [3.8, 4) is 5.75 Å². The molecule has 0 amide bonds. The molecule has 2 atom stereocenters. The van der Waals surface area contributed by atoms with E-state index in [0.29, 0.717) is 6.42 Å². The fourth-order valence-electron chi connectivity index (χ4n) is 3.37. The van der Waals surface area contributed by atoms with Crippen LogP contribution in [0.3, 0.4) is 0 Å². The van der Waals surface area contributed by atoms with Gasteiger partial charge in [-0.05, 0) is 29.7 Å². The maximum Gasteiger partial charge on any atom is 0.198 e. The monoisotopic (exact) mass is 303 g/mol. The molecule has 0 spiro atoms. The summed E-state index contributed by atoms with van der Waals surface area (Å²) >= 11 is 0. The average Bonchev–Trinajstić information content (AvgIpc) is 2.56. The smallest absolute Gasteiger partial charge is 0.198 e. The zero-order valence-electron chi connectivity index (χ0n) is 13.3. The molecule has 1 N–H and O–H groups in total. The molecule has 118 valence electrons. The van der Waals surface area contributed by atoms with E-state index in [1.54, 1.807) is 21.3 Å². The number of ether oxygens (including phenoxy) is 3. The standard InChI is InChI=1S/C17H21NO4/c1-10-8-17(21-3,22-4)16(19)15-12-7-11(20-2)5-6-14(12)18-9-13(10)15/h5-7,9-10,16,19H,8H2,1-4H3/t10?,16-/m1/s1. The highest BCUT2D eigenvalue weighted by atomic mass is 16.7. The van der Waals surface area contributed by atoms with Crippen molar-refractivity contribution in [2.75, 3.05) is 21.3 Å². The van der Waals surface area contributed by atoms with Crippen molar-refractivity contribution in [3.63, 3.8) is 0 Å². The lowest BCUT2D eigenvalue weighted by molar-refractivity contribution is -0.271. The number of rotatable bonds is 3. The number of fused-ring (bicyclic) bond motifs is 3. The van der Waals surface area contributed by atoms with Gasteiger partial charge in [-0.1, -0.05) is 6.92 Å². The fraction of sp³-hybridized carbons (Fsp3) is 0.471. The van der Waals surface area contributed by atoms with Gasteiger partial charge in [0.05, 0.1) is 12.6 Å². The Labute approximate surface area is 129 Å². The third-order valence-electron chi connectivity index (χ3n) is 4.65. The van der Waals surface area contributed by atoms with Crippen LogP contribution in [0.25, 0.3) is 10.9 Å². The van der Waals surface area contributed by atoms with E-state index in [-0.39, 0.29) is 5.92 Å². The van der Waals surface area contributed by atoms with Crippen molar-refractivity contribution in [2.24, 2.45) is 0 Å². The molecule has 1 aromatic carbocycles. The van der Waals surface area contributed by atoms with E-state index in [0.717, 1.165) is 27.8 Å². The number of pyridine rings is 1. The number of nitrogens with zero attached hydrogens (tertiary/aromatic N) is 1. The lowest BCUT2D eigenvalue weighted by atomic mass is 9.77. The minimum absolute atomic E-state index is 0.168. The van der Waals surface area contributed by atoms with Gasteiger partial charge >= 0.3 is 0 Å². The van der Waals surface area contributed by atoms with E-state index in [4.69, 9.17) is 14.2 Å². The summed E-state index contributed by atoms with van der Waals surface area (Å²) in [6.45, 7) is 2.09. The molecule has 3 rings (SSSR count). The van der Waals surface area contributed by atoms with Crippen molar-refractivity contribution in [2.45, 2.75) is 31.2 Å². The molecule has 5 heteroatoms. The van der Waals surface area contributed by atoms with E-state index in [9.17, 15) is 5.11 Å². The number of hydrogen-bond donors (Lipinski definition) is 1. The van der Waals surface area contributed by atoms with Crippen LogP contribution in [0.1, 0.15) is 36.5 Å². The molecule has 1 unspecified atom stereocenters. The second-order valence-corrected chi connectivity index (χ2v) is 5.74. The quantitative estimate of drug-likeness (QED) is 0.884. The molecule has 0 bridgehead atoms. The highest BCUT2D eigenvalue weighted by Crippen LogP contribution is 2.48. The van der Waals surface area contributed by atoms with E-state index in [2.05, 4.69) is 11.9 Å². The first-order valence-electron chi connectivity index (χ1n) is 7.31. The number of aromatic nitrogens is 1. The predicted molar refractivity (Wildman–Crippen MR) is 83.0 cm³/mol. The number of aliphatic hydroxyl groups excluding tert-OH is 1. The van der Waals surface area contributed by atoms with Gasteiger partial charge in [0.15, 0.2) is 5.79 Å². The number of aliphatic hydroxyl groups is 1. The summed E-state index contributed by atoms with van der Waals surface area (Å²) in [5.74, 6) is -0.140. The molecule has 1 aliphatic rings. The van der Waals surface area contributed by atoms with Crippen LogP contribution in [-0.4, -0.2) is 37.2 Å². The lowest BCUT2D eigenvalue weighted by Gasteiger charge is -2.42. The van der Waals surface area contributed by atoms with Crippen molar-refractivity contribution in [1.29, 1.82) is 0 Å². The van der Waals surface area contributed by atoms with E-state index in [1.807, 2.05) is 24.4 Å². The first kappa shape index (κ1) is 15.2. The van der Waals surface area contributed by atoms with Gasteiger partial charge < -0.3 is 19.3 Å². The molecule has 0 aliphatic heterocycles. The van der Waals surface area contributed by atoms with Gasteiger partial charge in [-0.25, -0.2) is 0 Å². The van der Waals surface area contributed by atoms with Gasteiger partial charge in [-0.15, -0.1) is 0 Å². The molecule has 0 saturated carbocycles. The Kier molecular flexibility index (Phi) is 3.80. The number of methoxy groups -OCH3 is 3. The van der Waals surface area contributed by atoms with Crippen LogP contribution in [-0.2, 0) is 9.47 Å². The fourth-order valence-corrected chi connectivity index (χ4v) is 3.37.